The van der Waals surface area contributed by atoms with Gasteiger partial charge in [-0.25, -0.2) is 0 Å². The minimum absolute atomic E-state index is 0.00629. The van der Waals surface area contributed by atoms with Crippen molar-refractivity contribution in [2.45, 2.75) is 58.3 Å². The standard InChI is InChI=1S/C25H29NO5/c1-14-18(8-6-12-26-13-19(27)30-4)31-24-16-9-10-17-15(7-5-11-25(17,2)3)21(16)23(29)22(28)20(14)24/h9-10,26H,5-8,11-13H2,1-4H3. The number of methoxy groups -OCH3 is 1. The minimum atomic E-state index is -0.462. The molecule has 0 radical (unpaired) electrons. The topological polar surface area (TPSA) is 85.6 Å². The highest BCUT2D eigenvalue weighted by atomic mass is 16.5. The van der Waals surface area contributed by atoms with Gasteiger partial charge in [0.15, 0.2) is 0 Å². The van der Waals surface area contributed by atoms with Crippen LogP contribution in [0.4, 0.5) is 0 Å². The number of ether oxygens (including phenoxy) is 1. The van der Waals surface area contributed by atoms with E-state index in [-0.39, 0.29) is 17.9 Å². The number of hydrogen-bond acceptors (Lipinski definition) is 6. The summed E-state index contributed by atoms with van der Waals surface area (Å²) in [6, 6.07) is 4.06. The zero-order chi connectivity index (χ0) is 22.3. The number of fused-ring (bicyclic) bond motifs is 5. The van der Waals surface area contributed by atoms with Crippen LogP contribution in [0.15, 0.2) is 16.5 Å². The van der Waals surface area contributed by atoms with Crippen molar-refractivity contribution in [3.63, 3.8) is 0 Å². The minimum Gasteiger partial charge on any atom is -0.468 e. The Bertz CT molecular complexity index is 1080. The average molecular weight is 424 g/mol. The van der Waals surface area contributed by atoms with Gasteiger partial charge in [0.2, 0.25) is 11.6 Å². The molecule has 6 heteroatoms. The molecule has 0 spiro atoms. The van der Waals surface area contributed by atoms with E-state index < -0.39 is 11.6 Å². The van der Waals surface area contributed by atoms with Crippen LogP contribution in [0.25, 0.3) is 11.3 Å². The summed E-state index contributed by atoms with van der Waals surface area (Å²) < 4.78 is 10.8. The summed E-state index contributed by atoms with van der Waals surface area (Å²) in [5.74, 6) is 0.0671. The van der Waals surface area contributed by atoms with Crippen molar-refractivity contribution in [3.05, 3.63) is 45.7 Å². The molecule has 0 saturated carbocycles. The zero-order valence-electron chi connectivity index (χ0n) is 18.6. The number of aryl methyl sites for hydroxylation is 1. The lowest BCUT2D eigenvalue weighted by Gasteiger charge is -2.34. The molecule has 1 aromatic carbocycles. The second-order valence-corrected chi connectivity index (χ2v) is 9.12. The second-order valence-electron chi connectivity index (χ2n) is 9.12. The molecule has 1 aromatic heterocycles. The van der Waals surface area contributed by atoms with E-state index in [1.165, 1.54) is 12.7 Å². The zero-order valence-corrected chi connectivity index (χ0v) is 18.6. The molecular weight excluding hydrogens is 394 g/mol. The molecule has 0 unspecified atom stereocenters. The van der Waals surface area contributed by atoms with Gasteiger partial charge in [-0.1, -0.05) is 26.0 Å². The van der Waals surface area contributed by atoms with Crippen LogP contribution in [0.2, 0.25) is 0 Å². The van der Waals surface area contributed by atoms with Crippen molar-refractivity contribution in [1.29, 1.82) is 0 Å². The highest BCUT2D eigenvalue weighted by Gasteiger charge is 2.40. The molecule has 2 aliphatic carbocycles. The number of carbonyl (C=O) groups is 3. The molecule has 0 bridgehead atoms. The molecule has 0 fully saturated rings. The molecule has 31 heavy (non-hydrogen) atoms. The number of rotatable bonds is 6. The molecule has 1 N–H and O–H groups in total. The van der Waals surface area contributed by atoms with Crippen molar-refractivity contribution in [3.8, 4) is 11.3 Å². The first-order chi connectivity index (χ1) is 14.8. The van der Waals surface area contributed by atoms with Gasteiger partial charge in [0.25, 0.3) is 0 Å². The third kappa shape index (κ3) is 3.63. The van der Waals surface area contributed by atoms with Gasteiger partial charge in [-0.05, 0) is 55.7 Å². The molecule has 2 aromatic rings. The fourth-order valence-electron chi connectivity index (χ4n) is 4.96. The smallest absolute Gasteiger partial charge is 0.319 e. The number of benzene rings is 1. The maximum atomic E-state index is 13.2. The van der Waals surface area contributed by atoms with Gasteiger partial charge in [-0.15, -0.1) is 0 Å². The van der Waals surface area contributed by atoms with E-state index >= 15 is 0 Å². The Morgan fingerprint density at radius 3 is 2.68 bits per heavy atom. The van der Waals surface area contributed by atoms with E-state index in [0.29, 0.717) is 29.9 Å². The SMILES string of the molecule is COC(=O)CNCCCc1oc2c(c1C)C(=O)C(=O)c1c-2ccc2c1CCCC2(C)C. The quantitative estimate of drug-likeness (QED) is 0.430. The maximum absolute atomic E-state index is 13.2. The molecule has 2 aliphatic rings. The monoisotopic (exact) mass is 423 g/mol. The van der Waals surface area contributed by atoms with Crippen LogP contribution in [-0.4, -0.2) is 37.7 Å². The highest BCUT2D eigenvalue weighted by Crippen LogP contribution is 2.45. The molecule has 4 rings (SSSR count). The predicted molar refractivity (Wildman–Crippen MR) is 117 cm³/mol. The van der Waals surface area contributed by atoms with Gasteiger partial charge >= 0.3 is 5.97 Å². The van der Waals surface area contributed by atoms with Crippen molar-refractivity contribution in [1.82, 2.24) is 5.32 Å². The summed E-state index contributed by atoms with van der Waals surface area (Å²) in [7, 11) is 1.36. The molecule has 164 valence electrons. The molecule has 0 saturated heterocycles. The second kappa shape index (κ2) is 8.08. The van der Waals surface area contributed by atoms with Gasteiger partial charge in [-0.3, -0.25) is 14.4 Å². The first-order valence-corrected chi connectivity index (χ1v) is 10.9. The van der Waals surface area contributed by atoms with Crippen molar-refractivity contribution < 1.29 is 23.5 Å². The van der Waals surface area contributed by atoms with Crippen molar-refractivity contribution >= 4 is 17.5 Å². The molecule has 0 atom stereocenters. The lowest BCUT2D eigenvalue weighted by Crippen LogP contribution is -2.29. The Balaban J connectivity index is 1.65. The summed E-state index contributed by atoms with van der Waals surface area (Å²) in [5.41, 5.74) is 4.61. The van der Waals surface area contributed by atoms with E-state index in [1.54, 1.807) is 0 Å². The Kier molecular flexibility index (Phi) is 5.60. The van der Waals surface area contributed by atoms with E-state index in [0.717, 1.165) is 48.1 Å². The number of hydrogen-bond donors (Lipinski definition) is 1. The summed E-state index contributed by atoms with van der Waals surface area (Å²) in [6.45, 7) is 7.01. The van der Waals surface area contributed by atoms with Crippen LogP contribution < -0.4 is 5.32 Å². The lowest BCUT2D eigenvalue weighted by atomic mass is 9.69. The predicted octanol–water partition coefficient (Wildman–Crippen LogP) is 3.94. The van der Waals surface area contributed by atoms with Gasteiger partial charge in [0.05, 0.1) is 19.2 Å². The fourth-order valence-corrected chi connectivity index (χ4v) is 4.96. The molecule has 1 heterocycles. The van der Waals surface area contributed by atoms with Crippen LogP contribution in [-0.2, 0) is 27.8 Å². The van der Waals surface area contributed by atoms with Crippen LogP contribution in [0.3, 0.4) is 0 Å². The average Bonchev–Trinajstić information content (AvgIpc) is 3.07. The van der Waals surface area contributed by atoms with Gasteiger partial charge in [-0.2, -0.15) is 0 Å². The largest absolute Gasteiger partial charge is 0.468 e. The first kappa shape index (κ1) is 21.5. The first-order valence-electron chi connectivity index (χ1n) is 10.9. The third-order valence-electron chi connectivity index (χ3n) is 6.68. The summed E-state index contributed by atoms with van der Waals surface area (Å²) >= 11 is 0. The van der Waals surface area contributed by atoms with E-state index in [1.807, 2.05) is 13.0 Å². The van der Waals surface area contributed by atoms with Gasteiger partial charge < -0.3 is 14.5 Å². The Morgan fingerprint density at radius 1 is 1.19 bits per heavy atom. The van der Waals surface area contributed by atoms with E-state index in [2.05, 4.69) is 30.0 Å². The van der Waals surface area contributed by atoms with Gasteiger partial charge in [0.1, 0.15) is 11.5 Å². The lowest BCUT2D eigenvalue weighted by molar-refractivity contribution is -0.139. The number of Topliss-reactive ketones (excluding diaryl/α,β-unsaturated/α-hetero) is 2. The normalized spacial score (nSPS) is 16.5. The Labute approximate surface area is 182 Å². The number of furan rings is 1. The Hall–Kier alpha value is -2.73. The summed E-state index contributed by atoms with van der Waals surface area (Å²) in [6.07, 6.45) is 4.24. The third-order valence-corrected chi connectivity index (χ3v) is 6.68. The van der Waals surface area contributed by atoms with Crippen LogP contribution in [0.5, 0.6) is 0 Å². The number of ketones is 2. The molecule has 0 aliphatic heterocycles. The van der Waals surface area contributed by atoms with Crippen LogP contribution in [0, 0.1) is 6.92 Å². The van der Waals surface area contributed by atoms with Crippen molar-refractivity contribution in [2.75, 3.05) is 20.2 Å². The van der Waals surface area contributed by atoms with E-state index in [4.69, 9.17) is 4.42 Å². The van der Waals surface area contributed by atoms with Crippen LogP contribution >= 0.6 is 0 Å². The maximum Gasteiger partial charge on any atom is 0.319 e. The number of esters is 1. The molecule has 6 nitrogen and oxygen atoms in total. The fraction of sp³-hybridized carbons (Fsp3) is 0.480. The number of nitrogens with one attached hydrogen (secondary N) is 1. The van der Waals surface area contributed by atoms with E-state index in [9.17, 15) is 14.4 Å². The van der Waals surface area contributed by atoms with Gasteiger partial charge in [0, 0.05) is 23.1 Å². The molecule has 0 amide bonds. The summed E-state index contributed by atoms with van der Waals surface area (Å²) in [4.78, 5) is 37.4. The summed E-state index contributed by atoms with van der Waals surface area (Å²) in [5, 5.41) is 3.02. The molecular formula is C25H29NO5. The van der Waals surface area contributed by atoms with Crippen LogP contribution in [0.1, 0.15) is 76.3 Å². The Morgan fingerprint density at radius 2 is 1.94 bits per heavy atom. The van der Waals surface area contributed by atoms with Crippen molar-refractivity contribution in [2.24, 2.45) is 0 Å². The highest BCUT2D eigenvalue weighted by molar-refractivity contribution is 6.53. The number of carbonyl (C=O) groups excluding carboxylic acids is 3.